The van der Waals surface area contributed by atoms with Crippen LogP contribution in [0.15, 0.2) is 47.1 Å². The van der Waals surface area contributed by atoms with E-state index in [1.807, 2.05) is 18.2 Å². The number of aromatic amines is 1. The molecule has 0 saturated heterocycles. The highest BCUT2D eigenvalue weighted by atomic mass is 79.9. The van der Waals surface area contributed by atoms with Gasteiger partial charge in [0, 0.05) is 32.7 Å². The number of H-pyrrole nitrogens is 1. The average Bonchev–Trinajstić information content (AvgIpc) is 2.84. The van der Waals surface area contributed by atoms with Crippen molar-refractivity contribution < 1.29 is 4.79 Å². The van der Waals surface area contributed by atoms with Crippen LogP contribution in [0.5, 0.6) is 0 Å². The summed E-state index contributed by atoms with van der Waals surface area (Å²) < 4.78 is 0.959. The molecule has 1 heterocycles. The van der Waals surface area contributed by atoms with Crippen LogP contribution in [0.25, 0.3) is 10.9 Å². The van der Waals surface area contributed by atoms with Crippen molar-refractivity contribution in [1.82, 2.24) is 4.98 Å². The number of carbonyl (C=O) groups excluding carboxylic acids is 1. The van der Waals surface area contributed by atoms with Crippen LogP contribution in [-0.2, 0) is 0 Å². The van der Waals surface area contributed by atoms with Crippen molar-refractivity contribution in [3.05, 3.63) is 68.2 Å². The molecule has 0 aliphatic rings. The number of fused-ring (bicyclic) bond motifs is 1. The molecule has 3 aromatic rings. The molecular formula is C15H8BrCl2NO. The minimum absolute atomic E-state index is 0.0860. The zero-order chi connectivity index (χ0) is 14.3. The van der Waals surface area contributed by atoms with Gasteiger partial charge in [0.15, 0.2) is 5.78 Å². The van der Waals surface area contributed by atoms with E-state index in [2.05, 4.69) is 20.9 Å². The molecular weight excluding hydrogens is 361 g/mol. The van der Waals surface area contributed by atoms with Gasteiger partial charge in [-0.05, 0) is 30.3 Å². The fraction of sp³-hybridized carbons (Fsp3) is 0. The van der Waals surface area contributed by atoms with Gasteiger partial charge in [0.1, 0.15) is 0 Å². The normalized spacial score (nSPS) is 10.9. The molecule has 0 radical (unpaired) electrons. The fourth-order valence-electron chi connectivity index (χ4n) is 2.08. The SMILES string of the molecule is O=C(c1ccc(Cl)c(Cl)c1)c1c[nH]c2cc(Br)ccc12. The quantitative estimate of drug-likeness (QED) is 0.598. The van der Waals surface area contributed by atoms with Gasteiger partial charge in [0.2, 0.25) is 0 Å². The van der Waals surface area contributed by atoms with Crippen LogP contribution in [0.1, 0.15) is 15.9 Å². The molecule has 0 aliphatic heterocycles. The summed E-state index contributed by atoms with van der Waals surface area (Å²) in [5.74, 6) is -0.0860. The Labute approximate surface area is 133 Å². The minimum atomic E-state index is -0.0860. The molecule has 3 rings (SSSR count). The molecule has 0 atom stereocenters. The third-order valence-electron chi connectivity index (χ3n) is 3.07. The summed E-state index contributed by atoms with van der Waals surface area (Å²) in [7, 11) is 0. The number of nitrogens with one attached hydrogen (secondary N) is 1. The van der Waals surface area contributed by atoms with Crippen molar-refractivity contribution in [2.45, 2.75) is 0 Å². The van der Waals surface area contributed by atoms with Crippen LogP contribution in [-0.4, -0.2) is 10.8 Å². The van der Waals surface area contributed by atoms with Gasteiger partial charge in [-0.25, -0.2) is 0 Å². The molecule has 0 unspecified atom stereocenters. The summed E-state index contributed by atoms with van der Waals surface area (Å²) in [6.07, 6.45) is 1.71. The Hall–Kier alpha value is -1.29. The lowest BCUT2D eigenvalue weighted by atomic mass is 10.0. The van der Waals surface area contributed by atoms with Gasteiger partial charge in [0.25, 0.3) is 0 Å². The summed E-state index contributed by atoms with van der Waals surface area (Å²) in [4.78, 5) is 15.6. The fourth-order valence-corrected chi connectivity index (χ4v) is 2.74. The van der Waals surface area contributed by atoms with Gasteiger partial charge >= 0.3 is 0 Å². The molecule has 20 heavy (non-hydrogen) atoms. The van der Waals surface area contributed by atoms with Gasteiger partial charge < -0.3 is 4.98 Å². The zero-order valence-corrected chi connectivity index (χ0v) is 13.2. The topological polar surface area (TPSA) is 32.9 Å². The maximum atomic E-state index is 12.5. The van der Waals surface area contributed by atoms with Crippen molar-refractivity contribution in [3.8, 4) is 0 Å². The first-order valence-corrected chi connectivity index (χ1v) is 7.37. The van der Waals surface area contributed by atoms with Crippen LogP contribution in [0, 0.1) is 0 Å². The first-order chi connectivity index (χ1) is 9.56. The number of hydrogen-bond acceptors (Lipinski definition) is 1. The Morgan fingerprint density at radius 2 is 1.85 bits per heavy atom. The number of ketones is 1. The second kappa shape index (κ2) is 5.24. The third kappa shape index (κ3) is 2.37. The molecule has 1 N–H and O–H groups in total. The van der Waals surface area contributed by atoms with Crippen LogP contribution in [0.4, 0.5) is 0 Å². The molecule has 0 aliphatic carbocycles. The highest BCUT2D eigenvalue weighted by molar-refractivity contribution is 9.10. The lowest BCUT2D eigenvalue weighted by molar-refractivity contribution is 0.104. The van der Waals surface area contributed by atoms with E-state index in [0.29, 0.717) is 21.2 Å². The number of aromatic nitrogens is 1. The predicted octanol–water partition coefficient (Wildman–Crippen LogP) is 5.47. The first kappa shape index (κ1) is 13.7. The second-order valence-electron chi connectivity index (χ2n) is 4.35. The molecule has 0 saturated carbocycles. The van der Waals surface area contributed by atoms with Gasteiger partial charge in [-0.3, -0.25) is 4.79 Å². The van der Waals surface area contributed by atoms with Gasteiger partial charge in [-0.2, -0.15) is 0 Å². The summed E-state index contributed by atoms with van der Waals surface area (Å²) in [6, 6.07) is 10.6. The Balaban J connectivity index is 2.10. The van der Waals surface area contributed by atoms with Gasteiger partial charge in [-0.15, -0.1) is 0 Å². The van der Waals surface area contributed by atoms with E-state index >= 15 is 0 Å². The molecule has 0 amide bonds. The zero-order valence-electron chi connectivity index (χ0n) is 10.1. The smallest absolute Gasteiger partial charge is 0.195 e. The number of carbonyl (C=O) groups is 1. The molecule has 1 aromatic heterocycles. The van der Waals surface area contributed by atoms with Crippen LogP contribution in [0.2, 0.25) is 10.0 Å². The maximum absolute atomic E-state index is 12.5. The van der Waals surface area contributed by atoms with Crippen molar-refractivity contribution in [2.24, 2.45) is 0 Å². The molecule has 0 fully saturated rings. The minimum Gasteiger partial charge on any atom is -0.360 e. The standard InChI is InChI=1S/C15H8BrCl2NO/c16-9-2-3-10-11(7-19-14(10)6-9)15(20)8-1-4-12(17)13(18)5-8/h1-7,19H. The molecule has 5 heteroatoms. The molecule has 2 nitrogen and oxygen atoms in total. The van der Waals surface area contributed by atoms with Gasteiger partial charge in [-0.1, -0.05) is 45.2 Å². The summed E-state index contributed by atoms with van der Waals surface area (Å²) in [5.41, 5.74) is 2.04. The molecule has 2 aromatic carbocycles. The predicted molar refractivity (Wildman–Crippen MR) is 85.9 cm³/mol. The van der Waals surface area contributed by atoms with E-state index < -0.39 is 0 Å². The van der Waals surface area contributed by atoms with Crippen molar-refractivity contribution in [1.29, 1.82) is 0 Å². The number of benzene rings is 2. The van der Waals surface area contributed by atoms with Crippen LogP contribution >= 0.6 is 39.1 Å². The van der Waals surface area contributed by atoms with Crippen molar-refractivity contribution >= 4 is 55.8 Å². The largest absolute Gasteiger partial charge is 0.360 e. The van der Waals surface area contributed by atoms with E-state index in [0.717, 1.165) is 15.4 Å². The molecule has 0 bridgehead atoms. The number of rotatable bonds is 2. The van der Waals surface area contributed by atoms with Crippen molar-refractivity contribution in [2.75, 3.05) is 0 Å². The maximum Gasteiger partial charge on any atom is 0.195 e. The molecule has 100 valence electrons. The van der Waals surface area contributed by atoms with E-state index in [1.165, 1.54) is 0 Å². The van der Waals surface area contributed by atoms with E-state index in [9.17, 15) is 4.79 Å². The Morgan fingerprint density at radius 3 is 2.60 bits per heavy atom. The second-order valence-corrected chi connectivity index (χ2v) is 6.08. The summed E-state index contributed by atoms with van der Waals surface area (Å²) >= 11 is 15.2. The Kier molecular flexibility index (Phi) is 3.59. The lowest BCUT2D eigenvalue weighted by Gasteiger charge is -2.02. The average molecular weight is 369 g/mol. The summed E-state index contributed by atoms with van der Waals surface area (Å²) in [5, 5.41) is 1.69. The highest BCUT2D eigenvalue weighted by Crippen LogP contribution is 2.27. The van der Waals surface area contributed by atoms with E-state index in [-0.39, 0.29) is 5.78 Å². The Morgan fingerprint density at radius 1 is 1.05 bits per heavy atom. The first-order valence-electron chi connectivity index (χ1n) is 5.82. The van der Waals surface area contributed by atoms with E-state index in [4.69, 9.17) is 23.2 Å². The lowest BCUT2D eigenvalue weighted by Crippen LogP contribution is -2.00. The molecule has 0 spiro atoms. The number of halogens is 3. The van der Waals surface area contributed by atoms with E-state index in [1.54, 1.807) is 24.4 Å². The monoisotopic (exact) mass is 367 g/mol. The van der Waals surface area contributed by atoms with Crippen molar-refractivity contribution in [3.63, 3.8) is 0 Å². The summed E-state index contributed by atoms with van der Waals surface area (Å²) in [6.45, 7) is 0. The Bertz CT molecular complexity index is 826. The highest BCUT2D eigenvalue weighted by Gasteiger charge is 2.15. The van der Waals surface area contributed by atoms with Crippen LogP contribution in [0.3, 0.4) is 0 Å². The third-order valence-corrected chi connectivity index (χ3v) is 4.30. The number of hydrogen-bond donors (Lipinski definition) is 1. The van der Waals surface area contributed by atoms with Gasteiger partial charge in [0.05, 0.1) is 10.0 Å². The van der Waals surface area contributed by atoms with Crippen LogP contribution < -0.4 is 0 Å².